The van der Waals surface area contributed by atoms with Gasteiger partial charge in [0.1, 0.15) is 5.75 Å². The number of rotatable bonds is 9. The first kappa shape index (κ1) is 17.3. The van der Waals surface area contributed by atoms with Crippen molar-refractivity contribution in [2.75, 3.05) is 23.9 Å². The van der Waals surface area contributed by atoms with Crippen LogP contribution in [0.25, 0.3) is 0 Å². The van der Waals surface area contributed by atoms with Gasteiger partial charge in [0.25, 0.3) is 0 Å². The van der Waals surface area contributed by atoms with E-state index in [2.05, 4.69) is 11.4 Å². The fourth-order valence-corrected chi connectivity index (χ4v) is 2.11. The van der Waals surface area contributed by atoms with Crippen LogP contribution in [-0.4, -0.2) is 30.6 Å². The second kappa shape index (κ2) is 10.1. The van der Waals surface area contributed by atoms with E-state index in [1.165, 1.54) is 0 Å². The van der Waals surface area contributed by atoms with Crippen LogP contribution in [0.3, 0.4) is 0 Å². The van der Waals surface area contributed by atoms with Crippen molar-refractivity contribution in [3.8, 4) is 11.8 Å². The summed E-state index contributed by atoms with van der Waals surface area (Å²) in [7, 11) is 0. The number of anilines is 1. The average Bonchev–Trinajstić information content (AvgIpc) is 2.49. The van der Waals surface area contributed by atoms with Crippen LogP contribution in [0.4, 0.5) is 5.69 Å². The van der Waals surface area contributed by atoms with E-state index in [1.807, 2.05) is 18.4 Å². The van der Waals surface area contributed by atoms with Gasteiger partial charge in [0, 0.05) is 18.2 Å². The van der Waals surface area contributed by atoms with Crippen LogP contribution in [0, 0.1) is 11.3 Å². The number of carbonyl (C=O) groups is 1. The van der Waals surface area contributed by atoms with Gasteiger partial charge in [-0.15, -0.1) is 0 Å². The molecule has 3 N–H and O–H groups in total. The van der Waals surface area contributed by atoms with Crippen molar-refractivity contribution in [1.29, 1.82) is 5.26 Å². The second-order valence-electron chi connectivity index (χ2n) is 4.52. The van der Waals surface area contributed by atoms with Crippen molar-refractivity contribution >= 4 is 23.4 Å². The third-order valence-electron chi connectivity index (χ3n) is 2.77. The minimum Gasteiger partial charge on any atom is -0.493 e. The van der Waals surface area contributed by atoms with E-state index >= 15 is 0 Å². The van der Waals surface area contributed by atoms with Crippen LogP contribution < -0.4 is 15.8 Å². The Balaban J connectivity index is 2.48. The molecule has 1 rings (SSSR count). The smallest absolute Gasteiger partial charge is 0.241 e. The molecule has 114 valence electrons. The molecule has 0 aliphatic rings. The van der Waals surface area contributed by atoms with Gasteiger partial charge in [-0.1, -0.05) is 6.07 Å². The molecule has 0 fully saturated rings. The lowest BCUT2D eigenvalue weighted by Crippen LogP contribution is -2.36. The molecule has 0 unspecified atom stereocenters. The SMILES string of the molecule is CSCC[C@H](N)C(=O)Nc1cccc(OCCCC#N)c1. The van der Waals surface area contributed by atoms with Gasteiger partial charge in [-0.2, -0.15) is 17.0 Å². The number of carbonyl (C=O) groups excluding carboxylic acids is 1. The fraction of sp³-hybridized carbons (Fsp3) is 0.467. The summed E-state index contributed by atoms with van der Waals surface area (Å²) in [6.45, 7) is 0.484. The largest absolute Gasteiger partial charge is 0.493 e. The summed E-state index contributed by atoms with van der Waals surface area (Å²) in [5, 5.41) is 11.2. The summed E-state index contributed by atoms with van der Waals surface area (Å²) < 4.78 is 5.52. The number of amides is 1. The molecule has 1 aromatic rings. The van der Waals surface area contributed by atoms with E-state index in [1.54, 1.807) is 23.9 Å². The first-order valence-corrected chi connectivity index (χ1v) is 8.22. The van der Waals surface area contributed by atoms with Gasteiger partial charge in [0.05, 0.1) is 18.7 Å². The minimum atomic E-state index is -0.502. The molecule has 5 nitrogen and oxygen atoms in total. The number of unbranched alkanes of at least 4 members (excludes halogenated alkanes) is 1. The normalized spacial score (nSPS) is 11.5. The number of nitrogens with one attached hydrogen (secondary N) is 1. The Hall–Kier alpha value is -1.71. The van der Waals surface area contributed by atoms with Crippen LogP contribution >= 0.6 is 11.8 Å². The number of nitrogens with two attached hydrogens (primary N) is 1. The third kappa shape index (κ3) is 7.02. The van der Waals surface area contributed by atoms with E-state index < -0.39 is 6.04 Å². The number of nitriles is 1. The maximum atomic E-state index is 11.9. The van der Waals surface area contributed by atoms with E-state index in [0.29, 0.717) is 37.3 Å². The highest BCUT2D eigenvalue weighted by molar-refractivity contribution is 7.98. The molecule has 0 aromatic heterocycles. The molecule has 0 aliphatic heterocycles. The number of nitrogens with zero attached hydrogens (tertiary/aromatic N) is 1. The summed E-state index contributed by atoms with van der Waals surface area (Å²) in [5.41, 5.74) is 6.48. The Morgan fingerprint density at radius 1 is 1.57 bits per heavy atom. The van der Waals surface area contributed by atoms with Crippen LogP contribution in [0.5, 0.6) is 5.75 Å². The van der Waals surface area contributed by atoms with E-state index in [9.17, 15) is 4.79 Å². The first-order chi connectivity index (χ1) is 10.2. The number of thioether (sulfide) groups is 1. The molecule has 0 aliphatic carbocycles. The molecule has 0 saturated heterocycles. The predicted molar refractivity (Wildman–Crippen MR) is 86.4 cm³/mol. The van der Waals surface area contributed by atoms with E-state index in [0.717, 1.165) is 5.75 Å². The summed E-state index contributed by atoms with van der Waals surface area (Å²) in [6.07, 6.45) is 3.79. The summed E-state index contributed by atoms with van der Waals surface area (Å²) in [4.78, 5) is 11.9. The molecule has 21 heavy (non-hydrogen) atoms. The van der Waals surface area contributed by atoms with Gasteiger partial charge in [0.15, 0.2) is 0 Å². The van der Waals surface area contributed by atoms with Crippen LogP contribution in [-0.2, 0) is 4.79 Å². The highest BCUT2D eigenvalue weighted by Crippen LogP contribution is 2.18. The lowest BCUT2D eigenvalue weighted by Gasteiger charge is -2.12. The van der Waals surface area contributed by atoms with Crippen molar-refractivity contribution in [3.63, 3.8) is 0 Å². The van der Waals surface area contributed by atoms with Crippen molar-refractivity contribution < 1.29 is 9.53 Å². The molecule has 6 heteroatoms. The van der Waals surface area contributed by atoms with Gasteiger partial charge < -0.3 is 15.8 Å². The topological polar surface area (TPSA) is 88.1 Å². The summed E-state index contributed by atoms with van der Waals surface area (Å²) in [6, 6.07) is 8.74. The molecular weight excluding hydrogens is 286 g/mol. The maximum absolute atomic E-state index is 11.9. The zero-order valence-corrected chi connectivity index (χ0v) is 13.0. The quantitative estimate of drug-likeness (QED) is 0.684. The molecule has 0 saturated carbocycles. The summed E-state index contributed by atoms with van der Waals surface area (Å²) >= 11 is 1.67. The van der Waals surface area contributed by atoms with Crippen LogP contribution in [0.15, 0.2) is 24.3 Å². The van der Waals surface area contributed by atoms with Crippen LogP contribution in [0.2, 0.25) is 0 Å². The molecule has 1 amide bonds. The third-order valence-corrected chi connectivity index (χ3v) is 3.42. The van der Waals surface area contributed by atoms with E-state index in [-0.39, 0.29) is 5.91 Å². The fourth-order valence-electron chi connectivity index (χ4n) is 1.62. The van der Waals surface area contributed by atoms with Gasteiger partial charge in [0.2, 0.25) is 5.91 Å². The highest BCUT2D eigenvalue weighted by atomic mass is 32.2. The number of hydrogen-bond acceptors (Lipinski definition) is 5. The number of benzene rings is 1. The Morgan fingerprint density at radius 3 is 3.10 bits per heavy atom. The van der Waals surface area contributed by atoms with Crippen LogP contribution in [0.1, 0.15) is 19.3 Å². The molecule has 0 bridgehead atoms. The highest BCUT2D eigenvalue weighted by Gasteiger charge is 2.13. The lowest BCUT2D eigenvalue weighted by molar-refractivity contribution is -0.117. The maximum Gasteiger partial charge on any atom is 0.241 e. The van der Waals surface area contributed by atoms with Gasteiger partial charge in [-0.3, -0.25) is 4.79 Å². The van der Waals surface area contributed by atoms with Crippen molar-refractivity contribution in [3.05, 3.63) is 24.3 Å². The monoisotopic (exact) mass is 307 g/mol. The molecule has 1 atom stereocenters. The molecular formula is C15H21N3O2S. The lowest BCUT2D eigenvalue weighted by atomic mass is 10.2. The number of ether oxygens (including phenoxy) is 1. The zero-order chi connectivity index (χ0) is 15.5. The minimum absolute atomic E-state index is 0.189. The Kier molecular flexibility index (Phi) is 8.32. The standard InChI is InChI=1S/C15H21N3O2S/c1-21-10-7-14(17)15(19)18-12-5-4-6-13(11-12)20-9-3-2-8-16/h4-6,11,14H,2-3,7,9-10,17H2,1H3,(H,18,19)/t14-/m0/s1. The average molecular weight is 307 g/mol. The van der Waals surface area contributed by atoms with Gasteiger partial charge in [-0.05, 0) is 37.0 Å². The van der Waals surface area contributed by atoms with Gasteiger partial charge in [-0.25, -0.2) is 0 Å². The molecule has 1 aromatic carbocycles. The Bertz CT molecular complexity index is 488. The summed E-state index contributed by atoms with van der Waals surface area (Å²) in [5.74, 6) is 1.34. The van der Waals surface area contributed by atoms with Crippen molar-refractivity contribution in [2.45, 2.75) is 25.3 Å². The molecule has 0 spiro atoms. The zero-order valence-electron chi connectivity index (χ0n) is 12.2. The first-order valence-electron chi connectivity index (χ1n) is 6.82. The number of hydrogen-bond donors (Lipinski definition) is 2. The second-order valence-corrected chi connectivity index (χ2v) is 5.50. The molecule has 0 radical (unpaired) electrons. The van der Waals surface area contributed by atoms with Gasteiger partial charge >= 0.3 is 0 Å². The Labute approximate surface area is 129 Å². The molecule has 0 heterocycles. The van der Waals surface area contributed by atoms with Crippen molar-refractivity contribution in [2.24, 2.45) is 5.73 Å². The Morgan fingerprint density at radius 2 is 2.38 bits per heavy atom. The van der Waals surface area contributed by atoms with Crippen molar-refractivity contribution in [1.82, 2.24) is 0 Å². The van der Waals surface area contributed by atoms with E-state index in [4.69, 9.17) is 15.7 Å². The predicted octanol–water partition coefficient (Wildman–Crippen LogP) is 2.39.